The number of ether oxygens (including phenoxy) is 1. The van der Waals surface area contributed by atoms with Crippen LogP contribution in [0, 0.1) is 5.82 Å². The molecule has 0 amide bonds. The molecule has 2 aromatic rings. The summed E-state index contributed by atoms with van der Waals surface area (Å²) in [5.41, 5.74) is 7.13. The topological polar surface area (TPSA) is 53.1 Å². The molecular weight excluding hydrogens is 233 g/mol. The molecule has 1 aromatic carbocycles. The van der Waals surface area contributed by atoms with E-state index in [9.17, 15) is 4.39 Å². The fourth-order valence-electron chi connectivity index (χ4n) is 1.78. The van der Waals surface area contributed by atoms with Crippen molar-refractivity contribution in [3.05, 3.63) is 47.8 Å². The molecule has 0 radical (unpaired) electrons. The highest BCUT2D eigenvalue weighted by atomic mass is 19.1. The van der Waals surface area contributed by atoms with Crippen molar-refractivity contribution >= 4 is 0 Å². The van der Waals surface area contributed by atoms with E-state index in [2.05, 4.69) is 4.98 Å². The van der Waals surface area contributed by atoms with Crippen molar-refractivity contribution in [2.75, 3.05) is 0 Å². The lowest BCUT2D eigenvalue weighted by Crippen LogP contribution is -2.07. The van der Waals surface area contributed by atoms with Gasteiger partial charge in [-0.15, -0.1) is 0 Å². The summed E-state index contributed by atoms with van der Waals surface area (Å²) in [5.74, 6) is -0.163. The minimum Gasteiger partial charge on any atom is -0.484 e. The van der Waals surface area contributed by atoms with E-state index in [4.69, 9.17) is 10.5 Å². The molecule has 2 N–H and O–H groups in total. The van der Waals surface area contributed by atoms with Gasteiger partial charge in [-0.25, -0.2) is 9.37 Å². The first kappa shape index (κ1) is 12.6. The van der Waals surface area contributed by atoms with Crippen LogP contribution < -0.4 is 10.5 Å². The summed E-state index contributed by atoms with van der Waals surface area (Å²) >= 11 is 0. The molecule has 0 fully saturated rings. The van der Waals surface area contributed by atoms with Gasteiger partial charge in [0, 0.05) is 18.7 Å². The molecule has 1 heterocycles. The smallest absolute Gasteiger partial charge is 0.165 e. The van der Waals surface area contributed by atoms with Gasteiger partial charge in [0.2, 0.25) is 0 Å². The van der Waals surface area contributed by atoms with Crippen LogP contribution in [0.4, 0.5) is 4.39 Å². The third-order valence-corrected chi connectivity index (χ3v) is 2.77. The van der Waals surface area contributed by atoms with Gasteiger partial charge in [-0.3, -0.25) is 0 Å². The molecule has 0 saturated carbocycles. The predicted molar refractivity (Wildman–Crippen MR) is 66.5 cm³/mol. The standard InChI is InChI=1S/C13H16FN3O/c1-2-17-9-16-7-11(17)8-18-13-10(6-15)4-3-5-12(13)14/h3-5,7,9H,2,6,8,15H2,1H3. The molecule has 0 aliphatic heterocycles. The molecule has 18 heavy (non-hydrogen) atoms. The van der Waals surface area contributed by atoms with Gasteiger partial charge in [0.25, 0.3) is 0 Å². The maximum atomic E-state index is 13.6. The van der Waals surface area contributed by atoms with Crippen LogP contribution in [0.15, 0.2) is 30.7 Å². The molecule has 0 spiro atoms. The average Bonchev–Trinajstić information content (AvgIpc) is 2.84. The maximum absolute atomic E-state index is 13.6. The lowest BCUT2D eigenvalue weighted by atomic mass is 10.2. The number of para-hydroxylation sites is 1. The highest BCUT2D eigenvalue weighted by Gasteiger charge is 2.10. The van der Waals surface area contributed by atoms with E-state index in [0.29, 0.717) is 5.56 Å². The zero-order chi connectivity index (χ0) is 13.0. The highest BCUT2D eigenvalue weighted by Crippen LogP contribution is 2.23. The summed E-state index contributed by atoms with van der Waals surface area (Å²) in [6.45, 7) is 3.35. The van der Waals surface area contributed by atoms with Gasteiger partial charge in [-0.2, -0.15) is 0 Å². The van der Waals surface area contributed by atoms with Crippen molar-refractivity contribution in [3.63, 3.8) is 0 Å². The second kappa shape index (κ2) is 5.64. The van der Waals surface area contributed by atoms with Crippen LogP contribution >= 0.6 is 0 Å². The molecule has 0 aliphatic rings. The number of benzene rings is 1. The van der Waals surface area contributed by atoms with Crippen molar-refractivity contribution < 1.29 is 9.13 Å². The first-order valence-corrected chi connectivity index (χ1v) is 5.85. The normalized spacial score (nSPS) is 10.6. The third kappa shape index (κ3) is 2.51. The Hall–Kier alpha value is -1.88. The zero-order valence-corrected chi connectivity index (χ0v) is 10.3. The van der Waals surface area contributed by atoms with Crippen LogP contribution in [0.2, 0.25) is 0 Å². The molecule has 4 nitrogen and oxygen atoms in total. The lowest BCUT2D eigenvalue weighted by molar-refractivity contribution is 0.277. The predicted octanol–water partition coefficient (Wildman–Crippen LogP) is 2.08. The summed E-state index contributed by atoms with van der Waals surface area (Å²) in [6, 6.07) is 4.75. The Morgan fingerprint density at radius 3 is 3.00 bits per heavy atom. The summed E-state index contributed by atoms with van der Waals surface area (Å²) in [7, 11) is 0. The van der Waals surface area contributed by atoms with Gasteiger partial charge in [-0.05, 0) is 13.0 Å². The number of aromatic nitrogens is 2. The fraction of sp³-hybridized carbons (Fsp3) is 0.308. The van der Waals surface area contributed by atoms with Crippen molar-refractivity contribution in [1.82, 2.24) is 9.55 Å². The van der Waals surface area contributed by atoms with Gasteiger partial charge < -0.3 is 15.0 Å². The Balaban J connectivity index is 2.15. The molecule has 0 saturated heterocycles. The lowest BCUT2D eigenvalue weighted by Gasteiger charge is -2.12. The van der Waals surface area contributed by atoms with Crippen LogP contribution in [-0.2, 0) is 19.7 Å². The van der Waals surface area contributed by atoms with Crippen LogP contribution in [-0.4, -0.2) is 9.55 Å². The Kier molecular flexibility index (Phi) is 3.94. The van der Waals surface area contributed by atoms with E-state index < -0.39 is 0 Å². The minimum absolute atomic E-state index is 0.226. The van der Waals surface area contributed by atoms with Crippen molar-refractivity contribution in [3.8, 4) is 5.75 Å². The van der Waals surface area contributed by atoms with Gasteiger partial charge >= 0.3 is 0 Å². The van der Waals surface area contributed by atoms with Crippen molar-refractivity contribution in [2.24, 2.45) is 5.73 Å². The number of hydrogen-bond acceptors (Lipinski definition) is 3. The molecule has 0 aliphatic carbocycles. The highest BCUT2D eigenvalue weighted by molar-refractivity contribution is 5.34. The Morgan fingerprint density at radius 1 is 1.44 bits per heavy atom. The van der Waals surface area contributed by atoms with Crippen LogP contribution in [0.25, 0.3) is 0 Å². The number of imidazole rings is 1. The SMILES string of the molecule is CCn1cncc1COc1c(F)cccc1CN. The van der Waals surface area contributed by atoms with E-state index in [1.54, 1.807) is 24.7 Å². The summed E-state index contributed by atoms with van der Waals surface area (Å²) in [5, 5.41) is 0. The summed E-state index contributed by atoms with van der Waals surface area (Å²) in [4.78, 5) is 4.03. The summed E-state index contributed by atoms with van der Waals surface area (Å²) in [6.07, 6.45) is 3.44. The van der Waals surface area contributed by atoms with E-state index in [0.717, 1.165) is 12.2 Å². The van der Waals surface area contributed by atoms with Crippen LogP contribution in [0.5, 0.6) is 5.75 Å². The first-order valence-electron chi connectivity index (χ1n) is 5.85. The maximum Gasteiger partial charge on any atom is 0.165 e. The largest absolute Gasteiger partial charge is 0.484 e. The number of halogens is 1. The minimum atomic E-state index is -0.388. The zero-order valence-electron chi connectivity index (χ0n) is 10.3. The van der Waals surface area contributed by atoms with E-state index in [1.165, 1.54) is 6.07 Å². The van der Waals surface area contributed by atoms with Gasteiger partial charge in [0.05, 0.1) is 18.2 Å². The molecule has 0 unspecified atom stereocenters. The molecule has 0 atom stereocenters. The molecule has 1 aromatic heterocycles. The number of rotatable bonds is 5. The number of nitrogens with zero attached hydrogens (tertiary/aromatic N) is 2. The van der Waals surface area contributed by atoms with E-state index in [-0.39, 0.29) is 24.7 Å². The van der Waals surface area contributed by atoms with E-state index in [1.807, 2.05) is 11.5 Å². The Morgan fingerprint density at radius 2 is 2.28 bits per heavy atom. The Bertz CT molecular complexity index is 525. The second-order valence-electron chi connectivity index (χ2n) is 3.89. The first-order chi connectivity index (χ1) is 8.76. The molecule has 0 bridgehead atoms. The number of nitrogens with two attached hydrogens (primary N) is 1. The van der Waals surface area contributed by atoms with Crippen LogP contribution in [0.3, 0.4) is 0 Å². The molecule has 2 rings (SSSR count). The number of hydrogen-bond donors (Lipinski definition) is 1. The third-order valence-electron chi connectivity index (χ3n) is 2.77. The van der Waals surface area contributed by atoms with Gasteiger partial charge in [0.15, 0.2) is 11.6 Å². The van der Waals surface area contributed by atoms with Gasteiger partial charge in [-0.1, -0.05) is 12.1 Å². The molecule has 5 heteroatoms. The summed E-state index contributed by atoms with van der Waals surface area (Å²) < 4.78 is 21.1. The molecule has 96 valence electrons. The fourth-order valence-corrected chi connectivity index (χ4v) is 1.78. The second-order valence-corrected chi connectivity index (χ2v) is 3.89. The van der Waals surface area contributed by atoms with Gasteiger partial charge in [0.1, 0.15) is 6.61 Å². The quantitative estimate of drug-likeness (QED) is 0.882. The monoisotopic (exact) mass is 249 g/mol. The van der Waals surface area contributed by atoms with E-state index >= 15 is 0 Å². The Labute approximate surface area is 105 Å². The number of aryl methyl sites for hydroxylation is 1. The van der Waals surface area contributed by atoms with Crippen molar-refractivity contribution in [2.45, 2.75) is 26.6 Å². The average molecular weight is 249 g/mol. The molecular formula is C13H16FN3O. The van der Waals surface area contributed by atoms with Crippen LogP contribution in [0.1, 0.15) is 18.2 Å². The van der Waals surface area contributed by atoms with Crippen molar-refractivity contribution in [1.29, 1.82) is 0 Å².